The second-order valence-electron chi connectivity index (χ2n) is 6.07. The Morgan fingerprint density at radius 3 is 2.59 bits per heavy atom. The molecule has 1 atom stereocenters. The third kappa shape index (κ3) is 4.59. The van der Waals surface area contributed by atoms with Gasteiger partial charge in [-0.2, -0.15) is 0 Å². The first-order valence-electron chi connectivity index (χ1n) is 7.81. The number of likely N-dealkylation sites (tertiary alicyclic amines) is 1. The van der Waals surface area contributed by atoms with E-state index in [1.54, 1.807) is 0 Å². The summed E-state index contributed by atoms with van der Waals surface area (Å²) < 4.78 is 0. The van der Waals surface area contributed by atoms with Crippen LogP contribution in [0.3, 0.4) is 0 Å². The number of piperidine rings is 1. The van der Waals surface area contributed by atoms with Crippen molar-refractivity contribution >= 4 is 0 Å². The summed E-state index contributed by atoms with van der Waals surface area (Å²) in [5.41, 5.74) is 0. The van der Waals surface area contributed by atoms with E-state index in [-0.39, 0.29) is 0 Å². The Hall–Kier alpha value is -0.0800. The van der Waals surface area contributed by atoms with Crippen molar-refractivity contribution in [2.45, 2.75) is 51.9 Å². The number of nitrogens with zero attached hydrogens (tertiary/aromatic N) is 1. The van der Waals surface area contributed by atoms with Crippen molar-refractivity contribution in [3.05, 3.63) is 0 Å². The molecule has 1 N–H and O–H groups in total. The molecule has 1 saturated heterocycles. The van der Waals surface area contributed by atoms with Gasteiger partial charge in [0.2, 0.25) is 0 Å². The van der Waals surface area contributed by atoms with Crippen LogP contribution < -0.4 is 5.32 Å². The number of hydrogen-bond acceptors (Lipinski definition) is 2. The molecule has 2 fully saturated rings. The van der Waals surface area contributed by atoms with Crippen LogP contribution >= 0.6 is 0 Å². The van der Waals surface area contributed by atoms with Gasteiger partial charge in [0, 0.05) is 19.6 Å². The smallest absolute Gasteiger partial charge is 0.0107 e. The molecule has 0 bridgehead atoms. The van der Waals surface area contributed by atoms with Gasteiger partial charge in [-0.15, -0.1) is 0 Å². The summed E-state index contributed by atoms with van der Waals surface area (Å²) in [6.07, 6.45) is 10.1. The molecule has 100 valence electrons. The quantitative estimate of drug-likeness (QED) is 0.716. The SMILES string of the molecule is CCC1CCCN(CCNCC2CCCC2)C1. The fourth-order valence-electron chi connectivity index (χ4n) is 3.45. The van der Waals surface area contributed by atoms with Crippen LogP contribution in [0.1, 0.15) is 51.9 Å². The molecule has 2 aliphatic rings. The Labute approximate surface area is 107 Å². The first kappa shape index (κ1) is 13.4. The first-order chi connectivity index (χ1) is 8.38. The molecule has 1 unspecified atom stereocenters. The van der Waals surface area contributed by atoms with Gasteiger partial charge >= 0.3 is 0 Å². The zero-order valence-electron chi connectivity index (χ0n) is 11.6. The van der Waals surface area contributed by atoms with Crippen LogP contribution in [0.5, 0.6) is 0 Å². The molecule has 1 aliphatic heterocycles. The Balaban J connectivity index is 1.52. The highest BCUT2D eigenvalue weighted by atomic mass is 15.1. The molecular formula is C15H30N2. The van der Waals surface area contributed by atoms with Gasteiger partial charge in [0.15, 0.2) is 0 Å². The van der Waals surface area contributed by atoms with E-state index in [2.05, 4.69) is 17.1 Å². The predicted molar refractivity (Wildman–Crippen MR) is 74.3 cm³/mol. The van der Waals surface area contributed by atoms with Crippen molar-refractivity contribution in [2.24, 2.45) is 11.8 Å². The summed E-state index contributed by atoms with van der Waals surface area (Å²) in [6.45, 7) is 8.76. The Morgan fingerprint density at radius 1 is 1.06 bits per heavy atom. The van der Waals surface area contributed by atoms with E-state index < -0.39 is 0 Å². The van der Waals surface area contributed by atoms with E-state index >= 15 is 0 Å². The molecule has 0 radical (unpaired) electrons. The predicted octanol–water partition coefficient (Wildman–Crippen LogP) is 2.89. The van der Waals surface area contributed by atoms with Crippen molar-refractivity contribution < 1.29 is 0 Å². The number of hydrogen-bond donors (Lipinski definition) is 1. The molecule has 0 spiro atoms. The number of nitrogens with one attached hydrogen (secondary N) is 1. The van der Waals surface area contributed by atoms with E-state index in [0.29, 0.717) is 0 Å². The van der Waals surface area contributed by atoms with Crippen molar-refractivity contribution in [3.8, 4) is 0 Å². The van der Waals surface area contributed by atoms with Gasteiger partial charge in [-0.25, -0.2) is 0 Å². The standard InChI is InChI=1S/C15H30N2/c1-2-14-8-5-10-17(13-14)11-9-16-12-15-6-3-4-7-15/h14-16H,2-13H2,1H3. The summed E-state index contributed by atoms with van der Waals surface area (Å²) in [4.78, 5) is 2.67. The Kier molecular flexibility index (Phi) is 5.79. The topological polar surface area (TPSA) is 15.3 Å². The molecule has 2 heteroatoms. The fourth-order valence-corrected chi connectivity index (χ4v) is 3.45. The fraction of sp³-hybridized carbons (Fsp3) is 1.00. The van der Waals surface area contributed by atoms with E-state index in [0.717, 1.165) is 11.8 Å². The van der Waals surface area contributed by atoms with Crippen LogP contribution in [0, 0.1) is 11.8 Å². The van der Waals surface area contributed by atoms with Crippen LogP contribution in [-0.4, -0.2) is 37.6 Å². The third-order valence-electron chi connectivity index (χ3n) is 4.69. The van der Waals surface area contributed by atoms with Crippen LogP contribution in [-0.2, 0) is 0 Å². The highest BCUT2D eigenvalue weighted by molar-refractivity contribution is 4.73. The third-order valence-corrected chi connectivity index (χ3v) is 4.69. The van der Waals surface area contributed by atoms with Crippen LogP contribution in [0.4, 0.5) is 0 Å². The van der Waals surface area contributed by atoms with E-state index in [9.17, 15) is 0 Å². The maximum Gasteiger partial charge on any atom is 0.0107 e. The van der Waals surface area contributed by atoms with E-state index in [4.69, 9.17) is 0 Å². The van der Waals surface area contributed by atoms with Crippen molar-refractivity contribution in [2.75, 3.05) is 32.7 Å². The molecule has 0 aromatic carbocycles. The monoisotopic (exact) mass is 238 g/mol. The molecule has 0 aromatic heterocycles. The molecule has 2 rings (SSSR count). The molecule has 2 nitrogen and oxygen atoms in total. The van der Waals surface area contributed by atoms with E-state index in [1.165, 1.54) is 77.7 Å². The van der Waals surface area contributed by atoms with Gasteiger partial charge in [-0.05, 0) is 50.6 Å². The summed E-state index contributed by atoms with van der Waals surface area (Å²) in [5.74, 6) is 1.96. The van der Waals surface area contributed by atoms with E-state index in [1.807, 2.05) is 0 Å². The van der Waals surface area contributed by atoms with Gasteiger partial charge in [-0.1, -0.05) is 26.2 Å². The van der Waals surface area contributed by atoms with Gasteiger partial charge in [0.05, 0.1) is 0 Å². The molecule has 1 heterocycles. The van der Waals surface area contributed by atoms with Gasteiger partial charge in [-0.3, -0.25) is 0 Å². The summed E-state index contributed by atoms with van der Waals surface area (Å²) in [7, 11) is 0. The van der Waals surface area contributed by atoms with Gasteiger partial charge < -0.3 is 10.2 Å². The summed E-state index contributed by atoms with van der Waals surface area (Å²) >= 11 is 0. The highest BCUT2D eigenvalue weighted by Gasteiger charge is 2.18. The molecule has 0 amide bonds. The highest BCUT2D eigenvalue weighted by Crippen LogP contribution is 2.23. The van der Waals surface area contributed by atoms with Crippen LogP contribution in [0.15, 0.2) is 0 Å². The molecule has 0 aromatic rings. The second-order valence-corrected chi connectivity index (χ2v) is 6.07. The molecular weight excluding hydrogens is 208 g/mol. The first-order valence-corrected chi connectivity index (χ1v) is 7.81. The largest absolute Gasteiger partial charge is 0.315 e. The minimum absolute atomic E-state index is 0.971. The normalized spacial score (nSPS) is 27.7. The lowest BCUT2D eigenvalue weighted by Crippen LogP contribution is -2.40. The number of rotatable bonds is 6. The average molecular weight is 238 g/mol. The maximum absolute atomic E-state index is 3.67. The molecule has 1 saturated carbocycles. The summed E-state index contributed by atoms with van der Waals surface area (Å²) in [5, 5.41) is 3.67. The lowest BCUT2D eigenvalue weighted by atomic mass is 9.96. The molecule has 1 aliphatic carbocycles. The van der Waals surface area contributed by atoms with Crippen molar-refractivity contribution in [1.29, 1.82) is 0 Å². The Bertz CT molecular complexity index is 199. The van der Waals surface area contributed by atoms with Gasteiger partial charge in [0.1, 0.15) is 0 Å². The van der Waals surface area contributed by atoms with Crippen molar-refractivity contribution in [3.63, 3.8) is 0 Å². The van der Waals surface area contributed by atoms with Crippen LogP contribution in [0.25, 0.3) is 0 Å². The molecule has 17 heavy (non-hydrogen) atoms. The zero-order valence-corrected chi connectivity index (χ0v) is 11.6. The summed E-state index contributed by atoms with van der Waals surface area (Å²) in [6, 6.07) is 0. The van der Waals surface area contributed by atoms with Crippen molar-refractivity contribution in [1.82, 2.24) is 10.2 Å². The zero-order chi connectivity index (χ0) is 11.9. The second kappa shape index (κ2) is 7.38. The van der Waals surface area contributed by atoms with Gasteiger partial charge in [0.25, 0.3) is 0 Å². The lowest BCUT2D eigenvalue weighted by Gasteiger charge is -2.32. The maximum atomic E-state index is 3.67. The lowest BCUT2D eigenvalue weighted by molar-refractivity contribution is 0.172. The minimum Gasteiger partial charge on any atom is -0.315 e. The minimum atomic E-state index is 0.971. The average Bonchev–Trinajstić information content (AvgIpc) is 2.88. The Morgan fingerprint density at radius 2 is 1.82 bits per heavy atom. The van der Waals surface area contributed by atoms with Crippen LogP contribution in [0.2, 0.25) is 0 Å².